The smallest absolute Gasteiger partial charge is 0.261 e. The monoisotopic (exact) mass is 374 g/mol. The van der Waals surface area contributed by atoms with Crippen LogP contribution in [0, 0.1) is 6.92 Å². The van der Waals surface area contributed by atoms with Crippen LogP contribution in [-0.4, -0.2) is 33.6 Å². The highest BCUT2D eigenvalue weighted by atomic mass is 32.2. The van der Waals surface area contributed by atoms with Crippen LogP contribution < -0.4 is 10.0 Å². The molecule has 1 aliphatic heterocycles. The highest BCUT2D eigenvalue weighted by Gasteiger charge is 2.18. The van der Waals surface area contributed by atoms with E-state index in [1.807, 2.05) is 6.92 Å². The molecule has 3 rings (SSSR count). The van der Waals surface area contributed by atoms with Gasteiger partial charge in [-0.05, 0) is 50.1 Å². The molecule has 0 spiro atoms. The molecule has 6 nitrogen and oxygen atoms in total. The number of hydrogen-bond acceptors (Lipinski definition) is 4. The maximum atomic E-state index is 12.5. The number of aryl methyl sites for hydroxylation is 1. The van der Waals surface area contributed by atoms with E-state index >= 15 is 0 Å². The van der Waals surface area contributed by atoms with Gasteiger partial charge in [-0.3, -0.25) is 9.52 Å². The van der Waals surface area contributed by atoms with Crippen molar-refractivity contribution in [2.75, 3.05) is 17.9 Å². The molecule has 1 amide bonds. The molecule has 2 N–H and O–H groups in total. The fourth-order valence-electron chi connectivity index (χ4n) is 2.77. The second kappa shape index (κ2) is 7.88. The minimum Gasteiger partial charge on any atom is -0.376 e. The van der Waals surface area contributed by atoms with Crippen molar-refractivity contribution in [3.05, 3.63) is 59.7 Å². The summed E-state index contributed by atoms with van der Waals surface area (Å²) in [7, 11) is -3.70. The summed E-state index contributed by atoms with van der Waals surface area (Å²) in [4.78, 5) is 12.5. The molecule has 0 bridgehead atoms. The Balaban J connectivity index is 1.68. The summed E-state index contributed by atoms with van der Waals surface area (Å²) in [6, 6.07) is 13.0. The molecule has 1 fully saturated rings. The third-order valence-corrected chi connectivity index (χ3v) is 5.62. The van der Waals surface area contributed by atoms with Crippen molar-refractivity contribution < 1.29 is 17.9 Å². The Bertz CT molecular complexity index is 873. The van der Waals surface area contributed by atoms with Crippen molar-refractivity contribution in [3.8, 4) is 0 Å². The number of nitrogens with one attached hydrogen (secondary N) is 2. The molecule has 1 atom stereocenters. The van der Waals surface area contributed by atoms with Crippen LogP contribution in [0.25, 0.3) is 0 Å². The van der Waals surface area contributed by atoms with E-state index in [0.717, 1.165) is 25.0 Å². The van der Waals surface area contributed by atoms with Gasteiger partial charge in [0.15, 0.2) is 0 Å². The number of sulfonamides is 1. The summed E-state index contributed by atoms with van der Waals surface area (Å²) < 4.78 is 32.9. The summed E-state index contributed by atoms with van der Waals surface area (Å²) >= 11 is 0. The molecule has 1 saturated heterocycles. The lowest BCUT2D eigenvalue weighted by atomic mass is 10.2. The zero-order valence-electron chi connectivity index (χ0n) is 14.6. The number of hydrogen-bond donors (Lipinski definition) is 2. The van der Waals surface area contributed by atoms with Crippen LogP contribution in [0.5, 0.6) is 0 Å². The zero-order chi connectivity index (χ0) is 18.6. The van der Waals surface area contributed by atoms with E-state index in [1.165, 1.54) is 6.07 Å². The van der Waals surface area contributed by atoms with Gasteiger partial charge in [-0.1, -0.05) is 23.8 Å². The lowest BCUT2D eigenvalue weighted by Crippen LogP contribution is -2.31. The van der Waals surface area contributed by atoms with Crippen molar-refractivity contribution in [1.29, 1.82) is 0 Å². The van der Waals surface area contributed by atoms with Crippen molar-refractivity contribution in [2.45, 2.75) is 30.8 Å². The van der Waals surface area contributed by atoms with Crippen LogP contribution in [0.3, 0.4) is 0 Å². The van der Waals surface area contributed by atoms with Gasteiger partial charge < -0.3 is 10.1 Å². The second-order valence-corrected chi connectivity index (χ2v) is 8.03. The maximum Gasteiger partial charge on any atom is 0.261 e. The summed E-state index contributed by atoms with van der Waals surface area (Å²) in [5.41, 5.74) is 1.72. The first-order valence-electron chi connectivity index (χ1n) is 8.53. The normalized spacial score (nSPS) is 17.0. The van der Waals surface area contributed by atoms with Crippen LogP contribution in [0.4, 0.5) is 5.69 Å². The van der Waals surface area contributed by atoms with Crippen molar-refractivity contribution >= 4 is 21.6 Å². The first kappa shape index (κ1) is 18.4. The summed E-state index contributed by atoms with van der Waals surface area (Å²) in [6.45, 7) is 3.08. The molecule has 2 aromatic carbocycles. The minimum absolute atomic E-state index is 0.0576. The molecule has 138 valence electrons. The third kappa shape index (κ3) is 4.62. The van der Waals surface area contributed by atoms with Gasteiger partial charge in [0.2, 0.25) is 0 Å². The summed E-state index contributed by atoms with van der Waals surface area (Å²) in [6.07, 6.45) is 2.01. The van der Waals surface area contributed by atoms with E-state index in [4.69, 9.17) is 4.74 Å². The lowest BCUT2D eigenvalue weighted by Gasteiger charge is -2.12. The molecule has 0 aromatic heterocycles. The van der Waals surface area contributed by atoms with Gasteiger partial charge in [-0.15, -0.1) is 0 Å². The van der Waals surface area contributed by atoms with Gasteiger partial charge in [0.25, 0.3) is 15.9 Å². The van der Waals surface area contributed by atoms with Crippen LogP contribution in [-0.2, 0) is 14.8 Å². The molecular formula is C19H22N2O4S. The van der Waals surface area contributed by atoms with Crippen molar-refractivity contribution in [1.82, 2.24) is 5.32 Å². The zero-order valence-corrected chi connectivity index (χ0v) is 15.4. The van der Waals surface area contributed by atoms with E-state index < -0.39 is 10.0 Å². The highest BCUT2D eigenvalue weighted by Crippen LogP contribution is 2.18. The molecular weight excluding hydrogens is 352 g/mol. The lowest BCUT2D eigenvalue weighted by molar-refractivity contribution is 0.0858. The molecule has 26 heavy (non-hydrogen) atoms. The molecule has 1 aliphatic rings. The number of benzene rings is 2. The molecule has 7 heteroatoms. The second-order valence-electron chi connectivity index (χ2n) is 6.34. The molecule has 1 heterocycles. The Hall–Kier alpha value is -2.38. The first-order valence-corrected chi connectivity index (χ1v) is 10.0. The highest BCUT2D eigenvalue weighted by molar-refractivity contribution is 7.92. The average Bonchev–Trinajstić information content (AvgIpc) is 3.13. The fraction of sp³-hybridized carbons (Fsp3) is 0.316. The van der Waals surface area contributed by atoms with Crippen LogP contribution in [0.2, 0.25) is 0 Å². The van der Waals surface area contributed by atoms with Crippen molar-refractivity contribution in [2.24, 2.45) is 0 Å². The van der Waals surface area contributed by atoms with E-state index in [9.17, 15) is 13.2 Å². The summed E-state index contributed by atoms with van der Waals surface area (Å²) in [5, 5.41) is 2.83. The minimum atomic E-state index is -3.70. The van der Waals surface area contributed by atoms with Crippen LogP contribution >= 0.6 is 0 Å². The Kier molecular flexibility index (Phi) is 5.58. The van der Waals surface area contributed by atoms with Gasteiger partial charge in [0, 0.05) is 24.4 Å². The Labute approximate surface area is 153 Å². The van der Waals surface area contributed by atoms with Crippen LogP contribution in [0.1, 0.15) is 28.8 Å². The Morgan fingerprint density at radius 3 is 2.65 bits per heavy atom. The topological polar surface area (TPSA) is 84.5 Å². The van der Waals surface area contributed by atoms with E-state index in [2.05, 4.69) is 10.0 Å². The van der Waals surface area contributed by atoms with Gasteiger partial charge in [-0.2, -0.15) is 0 Å². The maximum absolute atomic E-state index is 12.5. The quantitative estimate of drug-likeness (QED) is 0.814. The predicted molar refractivity (Wildman–Crippen MR) is 99.7 cm³/mol. The summed E-state index contributed by atoms with van der Waals surface area (Å²) in [5.74, 6) is -0.253. The number of ether oxygens (including phenoxy) is 1. The van der Waals surface area contributed by atoms with Gasteiger partial charge >= 0.3 is 0 Å². The van der Waals surface area contributed by atoms with E-state index in [1.54, 1.807) is 42.5 Å². The number of amides is 1. The van der Waals surface area contributed by atoms with Crippen molar-refractivity contribution in [3.63, 3.8) is 0 Å². The van der Waals surface area contributed by atoms with Crippen LogP contribution in [0.15, 0.2) is 53.4 Å². The Morgan fingerprint density at radius 1 is 1.19 bits per heavy atom. The SMILES string of the molecule is Cc1ccc(S(=O)(=O)Nc2cccc(C(=O)NC[C@H]3CCCO3)c2)cc1. The molecule has 0 saturated carbocycles. The number of rotatable bonds is 6. The molecule has 2 aromatic rings. The first-order chi connectivity index (χ1) is 12.4. The van der Waals surface area contributed by atoms with E-state index in [-0.39, 0.29) is 16.9 Å². The average molecular weight is 374 g/mol. The number of anilines is 1. The predicted octanol–water partition coefficient (Wildman–Crippen LogP) is 2.70. The van der Waals surface area contributed by atoms with Gasteiger partial charge in [0.1, 0.15) is 0 Å². The number of carbonyl (C=O) groups is 1. The Morgan fingerprint density at radius 2 is 1.96 bits per heavy atom. The van der Waals surface area contributed by atoms with E-state index in [0.29, 0.717) is 17.8 Å². The largest absolute Gasteiger partial charge is 0.376 e. The standard InChI is InChI=1S/C19H22N2O4S/c1-14-7-9-18(10-8-14)26(23,24)21-16-5-2-4-15(12-16)19(22)20-13-17-6-3-11-25-17/h2,4-5,7-10,12,17,21H,3,6,11,13H2,1H3,(H,20,22)/t17-/m1/s1. The molecule has 0 unspecified atom stereocenters. The number of carbonyl (C=O) groups excluding carboxylic acids is 1. The molecule has 0 aliphatic carbocycles. The van der Waals surface area contributed by atoms with Gasteiger partial charge in [0.05, 0.1) is 11.0 Å². The fourth-order valence-corrected chi connectivity index (χ4v) is 3.82. The molecule has 0 radical (unpaired) electrons. The third-order valence-electron chi connectivity index (χ3n) is 4.22. The van der Waals surface area contributed by atoms with Gasteiger partial charge in [-0.25, -0.2) is 8.42 Å².